The summed E-state index contributed by atoms with van der Waals surface area (Å²) in [6, 6.07) is 10.1. The Hall–Kier alpha value is -1.26. The molecule has 1 aromatic heterocycles. The molecule has 0 bridgehead atoms. The van der Waals surface area contributed by atoms with Gasteiger partial charge >= 0.3 is 0 Å². The van der Waals surface area contributed by atoms with Crippen molar-refractivity contribution in [2.45, 2.75) is 19.4 Å². The first kappa shape index (κ1) is 15.1. The standard InChI is InChI=1S/C15H16BrClN2O/c1-3-13(11-6-4-5-7-14(11)20-2)19-10-8-12(16)15(17)18-9-10/h4-9,13,19H,3H2,1-2H3. The third-order valence-electron chi connectivity index (χ3n) is 3.06. The van der Waals surface area contributed by atoms with E-state index in [9.17, 15) is 0 Å². The van der Waals surface area contributed by atoms with Gasteiger partial charge in [-0.2, -0.15) is 0 Å². The van der Waals surface area contributed by atoms with Crippen LogP contribution in [0.2, 0.25) is 5.15 Å². The number of nitrogens with one attached hydrogen (secondary N) is 1. The van der Waals surface area contributed by atoms with Crippen LogP contribution in [0.5, 0.6) is 5.75 Å². The smallest absolute Gasteiger partial charge is 0.143 e. The molecule has 1 heterocycles. The molecule has 0 radical (unpaired) electrons. The number of anilines is 1. The highest BCUT2D eigenvalue weighted by atomic mass is 79.9. The molecule has 3 nitrogen and oxygen atoms in total. The summed E-state index contributed by atoms with van der Waals surface area (Å²) in [6.45, 7) is 2.13. The lowest BCUT2D eigenvalue weighted by Gasteiger charge is -2.21. The van der Waals surface area contributed by atoms with Crippen LogP contribution in [0.25, 0.3) is 0 Å². The summed E-state index contributed by atoms with van der Waals surface area (Å²) in [5.74, 6) is 0.882. The van der Waals surface area contributed by atoms with E-state index in [4.69, 9.17) is 16.3 Å². The number of ether oxygens (including phenoxy) is 1. The molecule has 5 heteroatoms. The predicted molar refractivity (Wildman–Crippen MR) is 86.6 cm³/mol. The fourth-order valence-corrected chi connectivity index (χ4v) is 2.51. The molecule has 2 aromatic rings. The van der Waals surface area contributed by atoms with Gasteiger partial charge in [-0.3, -0.25) is 0 Å². The Morgan fingerprint density at radius 1 is 1.40 bits per heavy atom. The summed E-state index contributed by atoms with van der Waals surface area (Å²) >= 11 is 9.29. The van der Waals surface area contributed by atoms with Crippen molar-refractivity contribution in [3.63, 3.8) is 0 Å². The van der Waals surface area contributed by atoms with E-state index in [0.717, 1.165) is 27.9 Å². The number of para-hydroxylation sites is 1. The Morgan fingerprint density at radius 2 is 2.15 bits per heavy atom. The zero-order valence-corrected chi connectivity index (χ0v) is 13.7. The number of hydrogen-bond acceptors (Lipinski definition) is 3. The Balaban J connectivity index is 2.26. The Labute approximate surface area is 132 Å². The van der Waals surface area contributed by atoms with Crippen LogP contribution < -0.4 is 10.1 Å². The minimum absolute atomic E-state index is 0.154. The van der Waals surface area contributed by atoms with Gasteiger partial charge in [0.2, 0.25) is 0 Å². The van der Waals surface area contributed by atoms with E-state index in [1.165, 1.54) is 0 Å². The second-order valence-electron chi connectivity index (χ2n) is 4.34. The number of halogens is 2. The SMILES string of the molecule is CCC(Nc1cnc(Cl)c(Br)c1)c1ccccc1OC. The average Bonchev–Trinajstić information content (AvgIpc) is 2.48. The second-order valence-corrected chi connectivity index (χ2v) is 5.56. The predicted octanol–water partition coefficient (Wildman–Crippen LogP) is 5.07. The maximum Gasteiger partial charge on any atom is 0.143 e. The fourth-order valence-electron chi connectivity index (χ4n) is 2.06. The van der Waals surface area contributed by atoms with Crippen molar-refractivity contribution in [1.82, 2.24) is 4.98 Å². The molecule has 2 rings (SSSR count). The van der Waals surface area contributed by atoms with Crippen LogP contribution in [0, 0.1) is 0 Å². The Morgan fingerprint density at radius 3 is 2.80 bits per heavy atom. The van der Waals surface area contributed by atoms with Crippen molar-refractivity contribution in [1.29, 1.82) is 0 Å². The van der Waals surface area contributed by atoms with E-state index in [-0.39, 0.29) is 6.04 Å². The molecule has 1 unspecified atom stereocenters. The molecule has 0 saturated heterocycles. The first-order valence-corrected chi connectivity index (χ1v) is 7.53. The van der Waals surface area contributed by atoms with Gasteiger partial charge in [-0.25, -0.2) is 4.98 Å². The second kappa shape index (κ2) is 6.95. The zero-order chi connectivity index (χ0) is 14.5. The van der Waals surface area contributed by atoms with E-state index in [1.54, 1.807) is 13.3 Å². The van der Waals surface area contributed by atoms with Crippen LogP contribution in [-0.4, -0.2) is 12.1 Å². The number of methoxy groups -OCH3 is 1. The monoisotopic (exact) mass is 354 g/mol. The van der Waals surface area contributed by atoms with Crippen molar-refractivity contribution >= 4 is 33.2 Å². The van der Waals surface area contributed by atoms with Gasteiger partial charge in [-0.1, -0.05) is 36.7 Å². The maximum absolute atomic E-state index is 5.91. The van der Waals surface area contributed by atoms with Gasteiger partial charge < -0.3 is 10.1 Å². The highest BCUT2D eigenvalue weighted by Gasteiger charge is 2.14. The van der Waals surface area contributed by atoms with E-state index in [1.807, 2.05) is 24.3 Å². The number of benzene rings is 1. The lowest BCUT2D eigenvalue weighted by Crippen LogP contribution is -2.11. The summed E-state index contributed by atoms with van der Waals surface area (Å²) in [6.07, 6.45) is 2.66. The fraction of sp³-hybridized carbons (Fsp3) is 0.267. The highest BCUT2D eigenvalue weighted by Crippen LogP contribution is 2.31. The van der Waals surface area contributed by atoms with Crippen LogP contribution in [0.15, 0.2) is 41.0 Å². The van der Waals surface area contributed by atoms with Gasteiger partial charge in [0.25, 0.3) is 0 Å². The van der Waals surface area contributed by atoms with Crippen molar-refractivity contribution in [3.8, 4) is 5.75 Å². The van der Waals surface area contributed by atoms with Gasteiger partial charge in [-0.05, 0) is 34.5 Å². The molecular formula is C15H16BrClN2O. The topological polar surface area (TPSA) is 34.2 Å². The molecule has 1 aromatic carbocycles. The molecule has 0 aliphatic carbocycles. The third kappa shape index (κ3) is 3.44. The number of nitrogens with zero attached hydrogens (tertiary/aromatic N) is 1. The molecule has 0 fully saturated rings. The molecule has 0 saturated carbocycles. The minimum Gasteiger partial charge on any atom is -0.496 e. The van der Waals surface area contributed by atoms with Crippen LogP contribution >= 0.6 is 27.5 Å². The lowest BCUT2D eigenvalue weighted by atomic mass is 10.0. The molecule has 0 aliphatic heterocycles. The van der Waals surface area contributed by atoms with Crippen LogP contribution in [0.3, 0.4) is 0 Å². The normalized spacial score (nSPS) is 12.0. The molecule has 106 valence electrons. The lowest BCUT2D eigenvalue weighted by molar-refractivity contribution is 0.406. The molecule has 0 aliphatic rings. The Bertz CT molecular complexity index is 592. The summed E-state index contributed by atoms with van der Waals surface area (Å²) in [7, 11) is 1.69. The third-order valence-corrected chi connectivity index (χ3v) is 4.19. The summed E-state index contributed by atoms with van der Waals surface area (Å²) in [4.78, 5) is 4.13. The number of hydrogen-bond donors (Lipinski definition) is 1. The van der Waals surface area contributed by atoms with Crippen molar-refractivity contribution in [3.05, 3.63) is 51.7 Å². The summed E-state index contributed by atoms with van der Waals surface area (Å²) < 4.78 is 6.20. The van der Waals surface area contributed by atoms with Crippen molar-refractivity contribution in [2.75, 3.05) is 12.4 Å². The molecule has 20 heavy (non-hydrogen) atoms. The van der Waals surface area contributed by atoms with Gasteiger partial charge in [-0.15, -0.1) is 0 Å². The zero-order valence-electron chi connectivity index (χ0n) is 11.4. The average molecular weight is 356 g/mol. The molecule has 0 spiro atoms. The quantitative estimate of drug-likeness (QED) is 0.760. The maximum atomic E-state index is 5.91. The van der Waals surface area contributed by atoms with Crippen molar-refractivity contribution in [2.24, 2.45) is 0 Å². The molecule has 1 N–H and O–H groups in total. The van der Waals surface area contributed by atoms with E-state index >= 15 is 0 Å². The largest absolute Gasteiger partial charge is 0.496 e. The number of rotatable bonds is 5. The molecule has 1 atom stereocenters. The summed E-state index contributed by atoms with van der Waals surface area (Å²) in [5, 5.41) is 3.92. The number of aromatic nitrogens is 1. The summed E-state index contributed by atoms with van der Waals surface area (Å²) in [5.41, 5.74) is 2.04. The molecule has 0 amide bonds. The highest BCUT2D eigenvalue weighted by molar-refractivity contribution is 9.10. The number of pyridine rings is 1. The van der Waals surface area contributed by atoms with Crippen LogP contribution in [0.4, 0.5) is 5.69 Å². The first-order valence-electron chi connectivity index (χ1n) is 6.36. The van der Waals surface area contributed by atoms with Crippen molar-refractivity contribution < 1.29 is 4.74 Å². The van der Waals surface area contributed by atoms with Gasteiger partial charge in [0.1, 0.15) is 10.9 Å². The Kier molecular flexibility index (Phi) is 5.26. The van der Waals surface area contributed by atoms with E-state index in [0.29, 0.717) is 5.15 Å². The first-order chi connectivity index (χ1) is 9.65. The van der Waals surface area contributed by atoms with Crippen LogP contribution in [0.1, 0.15) is 24.9 Å². The van der Waals surface area contributed by atoms with Crippen LogP contribution in [-0.2, 0) is 0 Å². The van der Waals surface area contributed by atoms with Gasteiger partial charge in [0, 0.05) is 5.56 Å². The van der Waals surface area contributed by atoms with E-state index in [2.05, 4.69) is 39.2 Å². The minimum atomic E-state index is 0.154. The van der Waals surface area contributed by atoms with Gasteiger partial charge in [0.15, 0.2) is 0 Å². The van der Waals surface area contributed by atoms with Gasteiger partial charge in [0.05, 0.1) is 29.5 Å². The molecular weight excluding hydrogens is 340 g/mol. The van der Waals surface area contributed by atoms with E-state index < -0.39 is 0 Å².